The average Bonchev–Trinajstić information content (AvgIpc) is 3.12. The molecule has 1 saturated heterocycles. The number of esters is 1. The van der Waals surface area contributed by atoms with E-state index in [0.717, 1.165) is 30.8 Å². The molecule has 1 fully saturated rings. The lowest BCUT2D eigenvalue weighted by Crippen LogP contribution is -2.40. The summed E-state index contributed by atoms with van der Waals surface area (Å²) >= 11 is 0. The van der Waals surface area contributed by atoms with E-state index in [0.29, 0.717) is 12.1 Å². The number of para-hydroxylation sites is 1. The zero-order valence-electron chi connectivity index (χ0n) is 13.6. The van der Waals surface area contributed by atoms with E-state index < -0.39 is 12.1 Å². The third-order valence-corrected chi connectivity index (χ3v) is 4.08. The van der Waals surface area contributed by atoms with Crippen LogP contribution in [0.1, 0.15) is 25.3 Å². The quantitative estimate of drug-likeness (QED) is 0.831. The lowest BCUT2D eigenvalue weighted by atomic mass is 10.1. The van der Waals surface area contributed by atoms with Crippen molar-refractivity contribution < 1.29 is 23.8 Å². The van der Waals surface area contributed by atoms with Crippen LogP contribution in [0.3, 0.4) is 0 Å². The Morgan fingerprint density at radius 1 is 1.38 bits per heavy atom. The van der Waals surface area contributed by atoms with Crippen LogP contribution in [-0.4, -0.2) is 43.8 Å². The van der Waals surface area contributed by atoms with Crippen LogP contribution < -0.4 is 10.1 Å². The summed E-state index contributed by atoms with van der Waals surface area (Å²) in [4.78, 5) is 24.2. The van der Waals surface area contributed by atoms with E-state index in [4.69, 9.17) is 14.2 Å². The lowest BCUT2D eigenvalue weighted by molar-refractivity contribution is -0.151. The zero-order valence-corrected chi connectivity index (χ0v) is 13.6. The Labute approximate surface area is 140 Å². The van der Waals surface area contributed by atoms with Gasteiger partial charge >= 0.3 is 5.97 Å². The number of ether oxygens (including phenoxy) is 3. The summed E-state index contributed by atoms with van der Waals surface area (Å²) in [6.07, 6.45) is 2.89. The topological polar surface area (TPSA) is 73.9 Å². The standard InChI is InChI=1S/C18H21NO5/c1-12(17(20)19-10-15-6-4-8-22-15)24-18(21)14-9-13-5-2-3-7-16(13)23-11-14/h2-3,5,7,9,12,15H,4,6,8,10-11H2,1H3,(H,19,20)/t12-,15-/m1/s1. The Morgan fingerprint density at radius 3 is 3.00 bits per heavy atom. The number of carbonyl (C=O) groups is 2. The fourth-order valence-electron chi connectivity index (χ4n) is 2.69. The minimum absolute atomic E-state index is 0.0582. The number of carbonyl (C=O) groups excluding carboxylic acids is 2. The van der Waals surface area contributed by atoms with Gasteiger partial charge in [0.25, 0.3) is 5.91 Å². The van der Waals surface area contributed by atoms with Gasteiger partial charge in [-0.2, -0.15) is 0 Å². The first-order chi connectivity index (χ1) is 11.6. The normalized spacial score (nSPS) is 20.4. The third kappa shape index (κ3) is 3.94. The van der Waals surface area contributed by atoms with Gasteiger partial charge in [-0.05, 0) is 31.9 Å². The fraction of sp³-hybridized carbons (Fsp3) is 0.444. The molecule has 0 aromatic heterocycles. The van der Waals surface area contributed by atoms with Crippen molar-refractivity contribution in [1.29, 1.82) is 0 Å². The van der Waals surface area contributed by atoms with Crippen molar-refractivity contribution in [2.24, 2.45) is 0 Å². The molecule has 3 rings (SSSR count). The summed E-state index contributed by atoms with van der Waals surface area (Å²) < 4.78 is 16.2. The summed E-state index contributed by atoms with van der Waals surface area (Å²) in [5.41, 5.74) is 1.22. The van der Waals surface area contributed by atoms with Crippen molar-refractivity contribution in [3.63, 3.8) is 0 Å². The van der Waals surface area contributed by atoms with Gasteiger partial charge in [0.2, 0.25) is 0 Å². The predicted molar refractivity (Wildman–Crippen MR) is 87.5 cm³/mol. The minimum Gasteiger partial charge on any atom is -0.488 e. The Hall–Kier alpha value is -2.34. The van der Waals surface area contributed by atoms with E-state index in [1.54, 1.807) is 13.0 Å². The molecule has 0 unspecified atom stereocenters. The highest BCUT2D eigenvalue weighted by molar-refractivity contribution is 5.96. The molecule has 1 N–H and O–H groups in total. The number of nitrogens with one attached hydrogen (secondary N) is 1. The molecule has 1 aromatic carbocycles. The molecular formula is C18H21NO5. The number of hydrogen-bond donors (Lipinski definition) is 1. The number of fused-ring (bicyclic) bond motifs is 1. The second-order valence-electron chi connectivity index (χ2n) is 5.92. The van der Waals surface area contributed by atoms with Crippen LogP contribution in [0.15, 0.2) is 29.8 Å². The Balaban J connectivity index is 1.52. The highest BCUT2D eigenvalue weighted by Crippen LogP contribution is 2.26. The van der Waals surface area contributed by atoms with Gasteiger partial charge in [-0.1, -0.05) is 18.2 Å². The molecule has 128 valence electrons. The highest BCUT2D eigenvalue weighted by atomic mass is 16.6. The molecule has 0 aliphatic carbocycles. The summed E-state index contributed by atoms with van der Waals surface area (Å²) in [5.74, 6) is -0.128. The second kappa shape index (κ2) is 7.49. The molecule has 0 bridgehead atoms. The van der Waals surface area contributed by atoms with Crippen molar-refractivity contribution in [1.82, 2.24) is 5.32 Å². The molecule has 2 heterocycles. The van der Waals surface area contributed by atoms with E-state index in [9.17, 15) is 9.59 Å². The zero-order chi connectivity index (χ0) is 16.9. The van der Waals surface area contributed by atoms with Crippen molar-refractivity contribution in [2.45, 2.75) is 32.0 Å². The van der Waals surface area contributed by atoms with E-state index in [2.05, 4.69) is 5.32 Å². The van der Waals surface area contributed by atoms with E-state index in [-0.39, 0.29) is 18.6 Å². The maximum Gasteiger partial charge on any atom is 0.338 e. The minimum atomic E-state index is -0.864. The van der Waals surface area contributed by atoms with E-state index in [1.165, 1.54) is 0 Å². The maximum atomic E-state index is 12.2. The third-order valence-electron chi connectivity index (χ3n) is 4.08. The van der Waals surface area contributed by atoms with Gasteiger partial charge in [-0.3, -0.25) is 4.79 Å². The van der Waals surface area contributed by atoms with Gasteiger partial charge in [-0.25, -0.2) is 4.79 Å². The van der Waals surface area contributed by atoms with Crippen molar-refractivity contribution in [3.05, 3.63) is 35.4 Å². The molecule has 0 spiro atoms. The smallest absolute Gasteiger partial charge is 0.338 e. The van der Waals surface area contributed by atoms with Crippen LogP contribution in [0.4, 0.5) is 0 Å². The number of amides is 1. The Kier molecular flexibility index (Phi) is 5.15. The lowest BCUT2D eigenvalue weighted by Gasteiger charge is -2.19. The van der Waals surface area contributed by atoms with Crippen molar-refractivity contribution in [3.8, 4) is 5.75 Å². The average molecular weight is 331 g/mol. The molecule has 0 radical (unpaired) electrons. The van der Waals surface area contributed by atoms with Gasteiger partial charge in [-0.15, -0.1) is 0 Å². The van der Waals surface area contributed by atoms with Gasteiger partial charge in [0.05, 0.1) is 11.7 Å². The predicted octanol–water partition coefficient (Wildman–Crippen LogP) is 1.69. The first-order valence-electron chi connectivity index (χ1n) is 8.16. The Morgan fingerprint density at radius 2 is 2.21 bits per heavy atom. The highest BCUT2D eigenvalue weighted by Gasteiger charge is 2.24. The van der Waals surface area contributed by atoms with Gasteiger partial charge < -0.3 is 19.5 Å². The van der Waals surface area contributed by atoms with Crippen molar-refractivity contribution in [2.75, 3.05) is 19.8 Å². The van der Waals surface area contributed by atoms with Crippen molar-refractivity contribution >= 4 is 18.0 Å². The van der Waals surface area contributed by atoms with Crippen LogP contribution in [0.25, 0.3) is 6.08 Å². The molecule has 2 aliphatic rings. The van der Waals surface area contributed by atoms with Gasteiger partial charge in [0.1, 0.15) is 12.4 Å². The van der Waals surface area contributed by atoms with Crippen LogP contribution in [0, 0.1) is 0 Å². The molecule has 6 heteroatoms. The first kappa shape index (κ1) is 16.5. The molecule has 0 saturated carbocycles. The maximum absolute atomic E-state index is 12.2. The molecule has 1 amide bonds. The first-order valence-corrected chi connectivity index (χ1v) is 8.16. The molecule has 1 aromatic rings. The van der Waals surface area contributed by atoms with Crippen LogP contribution in [0.5, 0.6) is 5.75 Å². The summed E-state index contributed by atoms with van der Waals surface area (Å²) in [7, 11) is 0. The summed E-state index contributed by atoms with van der Waals surface area (Å²) in [5, 5.41) is 2.76. The number of hydrogen-bond acceptors (Lipinski definition) is 5. The van der Waals surface area contributed by atoms with Crippen LogP contribution in [-0.2, 0) is 19.1 Å². The summed E-state index contributed by atoms with van der Waals surface area (Å²) in [6, 6.07) is 7.44. The second-order valence-corrected chi connectivity index (χ2v) is 5.92. The van der Waals surface area contributed by atoms with E-state index >= 15 is 0 Å². The Bertz CT molecular complexity index is 649. The van der Waals surface area contributed by atoms with Crippen LogP contribution in [0.2, 0.25) is 0 Å². The monoisotopic (exact) mass is 331 g/mol. The number of benzene rings is 1. The summed E-state index contributed by atoms with van der Waals surface area (Å²) in [6.45, 7) is 2.88. The van der Waals surface area contributed by atoms with Gasteiger partial charge in [0.15, 0.2) is 6.10 Å². The molecule has 24 heavy (non-hydrogen) atoms. The largest absolute Gasteiger partial charge is 0.488 e. The molecule has 6 nitrogen and oxygen atoms in total. The molecule has 2 aliphatic heterocycles. The van der Waals surface area contributed by atoms with Gasteiger partial charge in [0, 0.05) is 18.7 Å². The number of rotatable bonds is 5. The fourth-order valence-corrected chi connectivity index (χ4v) is 2.69. The molecule has 2 atom stereocenters. The molecular weight excluding hydrogens is 310 g/mol. The van der Waals surface area contributed by atoms with Crippen LogP contribution >= 0.6 is 0 Å². The van der Waals surface area contributed by atoms with E-state index in [1.807, 2.05) is 24.3 Å². The SMILES string of the molecule is C[C@@H](OC(=O)C1=Cc2ccccc2OC1)C(=O)NC[C@H]1CCCO1.